The predicted molar refractivity (Wildman–Crippen MR) is 97.6 cm³/mol. The maximum atomic E-state index is 12.2. The Morgan fingerprint density at radius 1 is 1.07 bits per heavy atom. The van der Waals surface area contributed by atoms with Gasteiger partial charge < -0.3 is 21.7 Å². The van der Waals surface area contributed by atoms with Gasteiger partial charge in [-0.15, -0.1) is 0 Å². The Labute approximate surface area is 161 Å². The number of carbonyl (C=O) groups is 2. The molecule has 9 heteroatoms. The summed E-state index contributed by atoms with van der Waals surface area (Å²) in [6.45, 7) is 0.527. The van der Waals surface area contributed by atoms with E-state index in [0.29, 0.717) is 12.1 Å². The number of hydrogen-bond acceptors (Lipinski definition) is 4. The van der Waals surface area contributed by atoms with Crippen molar-refractivity contribution in [1.29, 1.82) is 0 Å². The molecule has 1 atom stereocenters. The van der Waals surface area contributed by atoms with E-state index < -0.39 is 29.7 Å². The molecular formula is C19H27F3N2O4. The van der Waals surface area contributed by atoms with Gasteiger partial charge in [-0.2, -0.15) is 13.2 Å². The lowest BCUT2D eigenvalue weighted by molar-refractivity contribution is -0.140. The summed E-state index contributed by atoms with van der Waals surface area (Å²) >= 11 is 0. The van der Waals surface area contributed by atoms with Crippen molar-refractivity contribution < 1.29 is 33.0 Å². The van der Waals surface area contributed by atoms with Crippen LogP contribution in [0.3, 0.4) is 0 Å². The van der Waals surface area contributed by atoms with Crippen molar-refractivity contribution in [2.75, 3.05) is 6.54 Å². The van der Waals surface area contributed by atoms with E-state index in [-0.39, 0.29) is 18.3 Å². The average molecular weight is 404 g/mol. The van der Waals surface area contributed by atoms with Crippen molar-refractivity contribution in [3.63, 3.8) is 0 Å². The van der Waals surface area contributed by atoms with Crippen LogP contribution < -0.4 is 11.5 Å². The topological polar surface area (TPSA) is 127 Å². The fourth-order valence-corrected chi connectivity index (χ4v) is 3.25. The molecule has 6 N–H and O–H groups in total. The standard InChI is InChI=1S/C10H10F3NO2.C9H17NO2/c11-10(12,13)7-3-1-6(2-4-7)5-8(14)9(15)16;10-7-9(6-8(11)12)4-2-1-3-5-9/h1-4,8H,5,14H2,(H,15,16);1-7,10H2,(H,11,12)/t8-;/m0./s1. The molecule has 158 valence electrons. The predicted octanol–water partition coefficient (Wildman–Crippen LogP) is 3.03. The van der Waals surface area contributed by atoms with Crippen molar-refractivity contribution >= 4 is 11.9 Å². The lowest BCUT2D eigenvalue weighted by Crippen LogP contribution is -2.34. The molecule has 0 saturated heterocycles. The van der Waals surface area contributed by atoms with E-state index in [4.69, 9.17) is 21.7 Å². The van der Waals surface area contributed by atoms with Crippen molar-refractivity contribution in [2.24, 2.45) is 16.9 Å². The summed E-state index contributed by atoms with van der Waals surface area (Å²) in [7, 11) is 0. The first-order valence-electron chi connectivity index (χ1n) is 9.05. The fourth-order valence-electron chi connectivity index (χ4n) is 3.25. The van der Waals surface area contributed by atoms with Gasteiger partial charge in [0, 0.05) is 0 Å². The van der Waals surface area contributed by atoms with Gasteiger partial charge in [-0.25, -0.2) is 0 Å². The van der Waals surface area contributed by atoms with Crippen LogP contribution in [0.2, 0.25) is 0 Å². The molecule has 0 aromatic heterocycles. The van der Waals surface area contributed by atoms with Gasteiger partial charge >= 0.3 is 18.1 Å². The molecule has 0 spiro atoms. The summed E-state index contributed by atoms with van der Waals surface area (Å²) in [4.78, 5) is 21.0. The Bertz CT molecular complexity index is 642. The fraction of sp³-hybridized carbons (Fsp3) is 0.579. The van der Waals surface area contributed by atoms with Crippen LogP contribution in [0.5, 0.6) is 0 Å². The molecule has 2 rings (SSSR count). The molecule has 28 heavy (non-hydrogen) atoms. The maximum Gasteiger partial charge on any atom is 0.416 e. The van der Waals surface area contributed by atoms with Gasteiger partial charge in [0.1, 0.15) is 6.04 Å². The quantitative estimate of drug-likeness (QED) is 0.577. The third-order valence-electron chi connectivity index (χ3n) is 4.93. The number of carboxylic acids is 2. The third kappa shape index (κ3) is 7.85. The van der Waals surface area contributed by atoms with Gasteiger partial charge in [0.25, 0.3) is 0 Å². The third-order valence-corrected chi connectivity index (χ3v) is 4.93. The second-order valence-electron chi connectivity index (χ2n) is 7.18. The molecule has 0 radical (unpaired) electrons. The minimum absolute atomic E-state index is 0.00741. The van der Waals surface area contributed by atoms with E-state index in [1.54, 1.807) is 0 Å². The first-order valence-corrected chi connectivity index (χ1v) is 9.05. The highest BCUT2D eigenvalue weighted by molar-refractivity contribution is 5.73. The van der Waals surface area contributed by atoms with Crippen LogP contribution in [0.1, 0.15) is 49.7 Å². The lowest BCUT2D eigenvalue weighted by Gasteiger charge is -2.34. The number of alkyl halides is 3. The van der Waals surface area contributed by atoms with Crippen LogP contribution in [0.15, 0.2) is 24.3 Å². The second kappa shape index (κ2) is 10.4. The van der Waals surface area contributed by atoms with Gasteiger partial charge in [-0.1, -0.05) is 31.4 Å². The summed E-state index contributed by atoms with van der Waals surface area (Å²) in [6.07, 6.45) is 1.40. The van der Waals surface area contributed by atoms with Crippen molar-refractivity contribution in [1.82, 2.24) is 0 Å². The van der Waals surface area contributed by atoms with Gasteiger partial charge in [0.15, 0.2) is 0 Å². The van der Waals surface area contributed by atoms with Crippen LogP contribution >= 0.6 is 0 Å². The average Bonchev–Trinajstić information content (AvgIpc) is 2.62. The van der Waals surface area contributed by atoms with E-state index in [1.165, 1.54) is 18.6 Å². The molecule has 1 fully saturated rings. The molecule has 1 aliphatic carbocycles. The van der Waals surface area contributed by atoms with E-state index in [1.807, 2.05) is 0 Å². The molecule has 0 aliphatic heterocycles. The van der Waals surface area contributed by atoms with Crippen molar-refractivity contribution in [3.8, 4) is 0 Å². The number of halogens is 3. The smallest absolute Gasteiger partial charge is 0.416 e. The zero-order valence-corrected chi connectivity index (χ0v) is 15.5. The lowest BCUT2D eigenvalue weighted by atomic mass is 9.72. The summed E-state index contributed by atoms with van der Waals surface area (Å²) in [5, 5.41) is 17.2. The zero-order chi connectivity index (χ0) is 21.4. The molecule has 1 aliphatic rings. The number of nitrogens with two attached hydrogens (primary N) is 2. The van der Waals surface area contributed by atoms with E-state index in [0.717, 1.165) is 37.8 Å². The maximum absolute atomic E-state index is 12.2. The number of benzene rings is 1. The normalized spacial score (nSPS) is 17.2. The van der Waals surface area contributed by atoms with Crippen molar-refractivity contribution in [2.45, 2.75) is 57.2 Å². The SMILES string of the molecule is NCC1(CC(=O)O)CCCCC1.N[C@@H](Cc1ccc(C(F)(F)F)cc1)C(=O)O. The Hall–Kier alpha value is -2.13. The summed E-state index contributed by atoms with van der Waals surface area (Å²) < 4.78 is 36.6. The first-order chi connectivity index (χ1) is 13.0. The zero-order valence-electron chi connectivity index (χ0n) is 15.5. The minimum atomic E-state index is -4.38. The molecule has 6 nitrogen and oxygen atoms in total. The number of hydrogen-bond donors (Lipinski definition) is 4. The molecule has 0 heterocycles. The van der Waals surface area contributed by atoms with Crippen LogP contribution in [0.25, 0.3) is 0 Å². The van der Waals surface area contributed by atoms with Crippen LogP contribution in [0.4, 0.5) is 13.2 Å². The van der Waals surface area contributed by atoms with Gasteiger partial charge in [0.2, 0.25) is 0 Å². The molecule has 1 saturated carbocycles. The van der Waals surface area contributed by atoms with Crippen LogP contribution in [-0.2, 0) is 22.2 Å². The largest absolute Gasteiger partial charge is 0.481 e. The molecule has 1 aromatic carbocycles. The highest BCUT2D eigenvalue weighted by atomic mass is 19.4. The van der Waals surface area contributed by atoms with Gasteiger partial charge in [0.05, 0.1) is 12.0 Å². The van der Waals surface area contributed by atoms with E-state index >= 15 is 0 Å². The molecule has 0 unspecified atom stereocenters. The molecular weight excluding hydrogens is 377 g/mol. The summed E-state index contributed by atoms with van der Waals surface area (Å²) in [6, 6.07) is 3.17. The number of aliphatic carboxylic acids is 2. The van der Waals surface area contributed by atoms with Gasteiger partial charge in [-0.05, 0) is 48.9 Å². The molecule has 1 aromatic rings. The second-order valence-corrected chi connectivity index (χ2v) is 7.18. The highest BCUT2D eigenvalue weighted by Gasteiger charge is 2.32. The van der Waals surface area contributed by atoms with E-state index in [9.17, 15) is 22.8 Å². The molecule has 0 amide bonds. The first kappa shape index (κ1) is 23.9. The summed E-state index contributed by atoms with van der Waals surface area (Å²) in [5.41, 5.74) is 10.5. The monoisotopic (exact) mass is 404 g/mol. The van der Waals surface area contributed by atoms with Gasteiger partial charge in [-0.3, -0.25) is 9.59 Å². The van der Waals surface area contributed by atoms with Crippen LogP contribution in [0, 0.1) is 5.41 Å². The van der Waals surface area contributed by atoms with E-state index in [2.05, 4.69) is 0 Å². The molecule has 0 bridgehead atoms. The summed E-state index contributed by atoms with van der Waals surface area (Å²) in [5.74, 6) is -1.89. The van der Waals surface area contributed by atoms with Crippen LogP contribution in [-0.4, -0.2) is 34.7 Å². The Morgan fingerprint density at radius 2 is 1.61 bits per heavy atom. The number of carboxylic acid groups (broad SMARTS) is 2. The number of rotatable bonds is 6. The Kier molecular flexibility index (Phi) is 8.90. The highest BCUT2D eigenvalue weighted by Crippen LogP contribution is 2.38. The van der Waals surface area contributed by atoms with Crippen molar-refractivity contribution in [3.05, 3.63) is 35.4 Å². The minimum Gasteiger partial charge on any atom is -0.481 e. The Morgan fingerprint density at radius 3 is 2.00 bits per heavy atom. The Balaban J connectivity index is 0.000000292.